The standard InChI is InChI=1S/C37H51N5O7Si/c1-36(2,3)49-34(45)41-31(19-14-22-39-33(38)44)32(43)40-28-21-20-26(27(23-28)24-42(7)35(46)47)25-48-50(37(4,5)6,29-15-10-8-11-16-29)30-17-12-9-13-18-30/h8-13,15-18,20-21,23,31H,14,19,22,24-25H2,1-7H3,(H,40,43)(H,41,45)(H,46,47)(H3,38,39,44)/t31-/m0/s1. The maximum absolute atomic E-state index is 13.5. The molecule has 3 rings (SSSR count). The number of urea groups is 1. The minimum atomic E-state index is -2.91. The minimum Gasteiger partial charge on any atom is -0.465 e. The van der Waals surface area contributed by atoms with Crippen LogP contribution in [0.4, 0.5) is 20.1 Å². The summed E-state index contributed by atoms with van der Waals surface area (Å²) in [5, 5.41) is 19.6. The maximum atomic E-state index is 13.5. The summed E-state index contributed by atoms with van der Waals surface area (Å²) >= 11 is 0. The van der Waals surface area contributed by atoms with E-state index in [1.165, 1.54) is 7.05 Å². The molecule has 0 aliphatic heterocycles. The number of ether oxygens (including phenoxy) is 1. The third kappa shape index (κ3) is 11.1. The number of amides is 5. The highest BCUT2D eigenvalue weighted by Crippen LogP contribution is 2.37. The van der Waals surface area contributed by atoms with Crippen molar-refractivity contribution in [2.75, 3.05) is 18.9 Å². The van der Waals surface area contributed by atoms with Gasteiger partial charge in [0, 0.05) is 25.8 Å². The first-order valence-corrected chi connectivity index (χ1v) is 18.5. The molecule has 0 saturated heterocycles. The number of nitrogens with two attached hydrogens (primary N) is 1. The van der Waals surface area contributed by atoms with Gasteiger partial charge in [0.2, 0.25) is 5.91 Å². The van der Waals surface area contributed by atoms with Gasteiger partial charge in [0.1, 0.15) is 11.6 Å². The average Bonchev–Trinajstić information content (AvgIpc) is 3.03. The lowest BCUT2D eigenvalue weighted by Gasteiger charge is -2.43. The summed E-state index contributed by atoms with van der Waals surface area (Å²) < 4.78 is 12.5. The lowest BCUT2D eigenvalue weighted by molar-refractivity contribution is -0.118. The number of carboxylic acid groups (broad SMARTS) is 1. The molecule has 3 aromatic carbocycles. The van der Waals surface area contributed by atoms with Gasteiger partial charge < -0.3 is 40.9 Å². The number of nitrogens with one attached hydrogen (secondary N) is 3. The maximum Gasteiger partial charge on any atom is 0.408 e. The van der Waals surface area contributed by atoms with Crippen LogP contribution in [0.25, 0.3) is 0 Å². The van der Waals surface area contributed by atoms with Gasteiger partial charge in [0.25, 0.3) is 8.32 Å². The second-order valence-corrected chi connectivity index (χ2v) is 18.5. The van der Waals surface area contributed by atoms with Gasteiger partial charge in [-0.1, -0.05) is 87.5 Å². The van der Waals surface area contributed by atoms with E-state index in [9.17, 15) is 24.3 Å². The summed E-state index contributed by atoms with van der Waals surface area (Å²) in [5.41, 5.74) is 6.20. The van der Waals surface area contributed by atoms with Crippen LogP contribution in [-0.4, -0.2) is 67.7 Å². The molecule has 0 unspecified atom stereocenters. The summed E-state index contributed by atoms with van der Waals surface area (Å²) in [6.07, 6.45) is -1.33. The van der Waals surface area contributed by atoms with Crippen LogP contribution < -0.4 is 32.1 Å². The predicted molar refractivity (Wildman–Crippen MR) is 197 cm³/mol. The number of alkyl carbamates (subject to hydrolysis) is 1. The zero-order chi connectivity index (χ0) is 37.1. The van der Waals surface area contributed by atoms with Crippen LogP contribution in [0.2, 0.25) is 5.04 Å². The molecule has 0 saturated carbocycles. The molecule has 0 bridgehead atoms. The van der Waals surface area contributed by atoms with Gasteiger partial charge >= 0.3 is 18.2 Å². The van der Waals surface area contributed by atoms with Crippen molar-refractivity contribution in [3.05, 3.63) is 90.0 Å². The Hall–Kier alpha value is -4.88. The molecule has 0 aromatic heterocycles. The summed E-state index contributed by atoms with van der Waals surface area (Å²) in [4.78, 5) is 50.3. The molecule has 12 nitrogen and oxygen atoms in total. The molecule has 270 valence electrons. The highest BCUT2D eigenvalue weighted by atomic mass is 28.4. The van der Waals surface area contributed by atoms with E-state index in [-0.39, 0.29) is 31.2 Å². The van der Waals surface area contributed by atoms with Crippen molar-refractivity contribution in [1.29, 1.82) is 0 Å². The molecule has 1 atom stereocenters. The third-order valence-corrected chi connectivity index (χ3v) is 13.0. The molecular formula is C37H51N5O7Si. The van der Waals surface area contributed by atoms with Gasteiger partial charge in [0.15, 0.2) is 0 Å². The molecular weight excluding hydrogens is 655 g/mol. The average molecular weight is 706 g/mol. The van der Waals surface area contributed by atoms with Gasteiger partial charge in [0.05, 0.1) is 6.61 Å². The Kier molecular flexibility index (Phi) is 13.6. The topological polar surface area (TPSA) is 172 Å². The Morgan fingerprint density at radius 3 is 1.96 bits per heavy atom. The van der Waals surface area contributed by atoms with Crippen molar-refractivity contribution in [2.24, 2.45) is 5.73 Å². The van der Waals surface area contributed by atoms with Crippen molar-refractivity contribution in [3.8, 4) is 0 Å². The van der Waals surface area contributed by atoms with E-state index in [0.29, 0.717) is 17.7 Å². The van der Waals surface area contributed by atoms with Crippen molar-refractivity contribution >= 4 is 48.5 Å². The van der Waals surface area contributed by atoms with Crippen LogP contribution in [0.5, 0.6) is 0 Å². The molecule has 6 N–H and O–H groups in total. The Morgan fingerprint density at radius 1 is 0.880 bits per heavy atom. The van der Waals surface area contributed by atoms with E-state index < -0.39 is 44.1 Å². The normalized spacial score (nSPS) is 12.4. The number of nitrogens with zero attached hydrogens (tertiary/aromatic N) is 1. The Morgan fingerprint density at radius 2 is 1.46 bits per heavy atom. The van der Waals surface area contributed by atoms with Gasteiger partial charge in [-0.15, -0.1) is 0 Å². The van der Waals surface area contributed by atoms with Crippen LogP contribution in [-0.2, 0) is 27.1 Å². The Balaban J connectivity index is 1.97. The molecule has 0 heterocycles. The van der Waals surface area contributed by atoms with E-state index in [2.05, 4.69) is 61.0 Å². The van der Waals surface area contributed by atoms with E-state index in [1.54, 1.807) is 32.9 Å². The number of rotatable bonds is 14. The number of benzene rings is 3. The molecule has 0 aliphatic carbocycles. The molecule has 3 aromatic rings. The number of hydrogen-bond donors (Lipinski definition) is 5. The number of hydrogen-bond acceptors (Lipinski definition) is 6. The first-order valence-electron chi connectivity index (χ1n) is 16.6. The lowest BCUT2D eigenvalue weighted by atomic mass is 10.1. The van der Waals surface area contributed by atoms with Gasteiger partial charge in [-0.05, 0) is 72.3 Å². The monoisotopic (exact) mass is 705 g/mol. The fraction of sp³-hybridized carbons (Fsp3) is 0.405. The fourth-order valence-electron chi connectivity index (χ4n) is 5.73. The first kappa shape index (κ1) is 39.6. The SMILES string of the molecule is CN(Cc1cc(NC(=O)[C@H](CCCNC(N)=O)NC(=O)OC(C)(C)C)ccc1CO[Si](c1ccccc1)(c1ccccc1)C(C)(C)C)C(=O)O. The molecule has 50 heavy (non-hydrogen) atoms. The molecule has 0 aliphatic rings. The molecule has 0 fully saturated rings. The second kappa shape index (κ2) is 17.2. The van der Waals surface area contributed by atoms with Crippen molar-refractivity contribution in [2.45, 2.75) is 84.2 Å². The zero-order valence-corrected chi connectivity index (χ0v) is 31.0. The largest absolute Gasteiger partial charge is 0.465 e. The van der Waals surface area contributed by atoms with Gasteiger partial charge in [-0.3, -0.25) is 4.79 Å². The van der Waals surface area contributed by atoms with Gasteiger partial charge in [-0.25, -0.2) is 14.4 Å². The van der Waals surface area contributed by atoms with Gasteiger partial charge in [-0.2, -0.15) is 0 Å². The third-order valence-electron chi connectivity index (χ3n) is 8.05. The van der Waals surface area contributed by atoms with Crippen LogP contribution in [0.15, 0.2) is 78.9 Å². The second-order valence-electron chi connectivity index (χ2n) is 14.2. The van der Waals surface area contributed by atoms with E-state index in [0.717, 1.165) is 20.8 Å². The summed E-state index contributed by atoms with van der Waals surface area (Å²) in [7, 11) is -1.44. The van der Waals surface area contributed by atoms with Crippen molar-refractivity contribution < 1.29 is 33.4 Å². The van der Waals surface area contributed by atoms with Crippen molar-refractivity contribution in [3.63, 3.8) is 0 Å². The van der Waals surface area contributed by atoms with E-state index >= 15 is 0 Å². The van der Waals surface area contributed by atoms with Crippen LogP contribution in [0.3, 0.4) is 0 Å². The summed E-state index contributed by atoms with van der Waals surface area (Å²) in [6, 6.07) is 24.0. The quantitative estimate of drug-likeness (QED) is 0.114. The molecule has 0 spiro atoms. The summed E-state index contributed by atoms with van der Waals surface area (Å²) in [5.74, 6) is -0.510. The lowest BCUT2D eigenvalue weighted by Crippen LogP contribution is -2.66. The number of anilines is 1. The van der Waals surface area contributed by atoms with E-state index in [1.807, 2.05) is 42.5 Å². The highest BCUT2D eigenvalue weighted by Gasteiger charge is 2.50. The number of carbonyl (C=O) groups is 4. The predicted octanol–water partition coefficient (Wildman–Crippen LogP) is 5.15. The fourth-order valence-corrected chi connectivity index (χ4v) is 10.3. The highest BCUT2D eigenvalue weighted by molar-refractivity contribution is 6.99. The number of carbonyl (C=O) groups excluding carboxylic acids is 3. The molecule has 5 amide bonds. The van der Waals surface area contributed by atoms with Crippen molar-refractivity contribution in [1.82, 2.24) is 15.5 Å². The van der Waals surface area contributed by atoms with E-state index in [4.69, 9.17) is 14.9 Å². The Labute approximate surface area is 295 Å². The summed E-state index contributed by atoms with van der Waals surface area (Å²) in [6.45, 7) is 12.1. The van der Waals surface area contributed by atoms with Crippen LogP contribution >= 0.6 is 0 Å². The first-order chi connectivity index (χ1) is 23.4. The van der Waals surface area contributed by atoms with Crippen LogP contribution in [0, 0.1) is 0 Å². The van der Waals surface area contributed by atoms with Crippen LogP contribution in [0.1, 0.15) is 65.5 Å². The Bertz CT molecular complexity index is 1570. The smallest absolute Gasteiger partial charge is 0.408 e. The minimum absolute atomic E-state index is 0.0386. The zero-order valence-electron chi connectivity index (χ0n) is 30.0. The molecule has 13 heteroatoms. The number of primary amides is 1. The molecule has 0 radical (unpaired) electrons.